The zero-order valence-electron chi connectivity index (χ0n) is 14.9. The molecule has 1 aliphatic rings. The van der Waals surface area contributed by atoms with Gasteiger partial charge in [0.1, 0.15) is 5.00 Å². The second kappa shape index (κ2) is 7.54. The summed E-state index contributed by atoms with van der Waals surface area (Å²) in [6.45, 7) is 2.93. The van der Waals surface area contributed by atoms with Gasteiger partial charge in [0, 0.05) is 16.1 Å². The lowest BCUT2D eigenvalue weighted by atomic mass is 10.1. The van der Waals surface area contributed by atoms with E-state index in [2.05, 4.69) is 21.2 Å². The summed E-state index contributed by atoms with van der Waals surface area (Å²) in [4.78, 5) is 0.319. The SMILES string of the molecule is CC(C1CCCN1)N(c1sc2ccccc2c1Br)S(=O)(=O)c1ccccc1. The van der Waals surface area contributed by atoms with Gasteiger partial charge in [-0.25, -0.2) is 8.42 Å². The summed E-state index contributed by atoms with van der Waals surface area (Å²) in [6.07, 6.45) is 2.05. The highest BCUT2D eigenvalue weighted by atomic mass is 79.9. The van der Waals surface area contributed by atoms with Gasteiger partial charge < -0.3 is 5.32 Å². The second-order valence-electron chi connectivity index (χ2n) is 6.77. The molecule has 27 heavy (non-hydrogen) atoms. The number of rotatable bonds is 5. The predicted octanol–water partition coefficient (Wildman–Crippen LogP) is 5.00. The molecule has 0 spiro atoms. The Morgan fingerprint density at radius 3 is 2.52 bits per heavy atom. The van der Waals surface area contributed by atoms with Crippen LogP contribution in [0.5, 0.6) is 0 Å². The van der Waals surface area contributed by atoms with Crippen LogP contribution >= 0.6 is 27.3 Å². The lowest BCUT2D eigenvalue weighted by Crippen LogP contribution is -2.48. The molecule has 0 bridgehead atoms. The van der Waals surface area contributed by atoms with E-state index in [-0.39, 0.29) is 12.1 Å². The van der Waals surface area contributed by atoms with Crippen LogP contribution in [0.25, 0.3) is 10.1 Å². The zero-order chi connectivity index (χ0) is 19.0. The number of hydrogen-bond acceptors (Lipinski definition) is 4. The molecule has 0 aliphatic carbocycles. The van der Waals surface area contributed by atoms with Gasteiger partial charge in [-0.2, -0.15) is 0 Å². The summed E-state index contributed by atoms with van der Waals surface area (Å²) >= 11 is 5.19. The third-order valence-electron chi connectivity index (χ3n) is 5.07. The van der Waals surface area contributed by atoms with Crippen molar-refractivity contribution in [2.24, 2.45) is 0 Å². The molecule has 4 nitrogen and oxygen atoms in total. The quantitative estimate of drug-likeness (QED) is 0.577. The molecule has 0 radical (unpaired) electrons. The van der Waals surface area contributed by atoms with Crippen molar-refractivity contribution in [2.45, 2.75) is 36.7 Å². The molecule has 0 saturated carbocycles. The van der Waals surface area contributed by atoms with E-state index >= 15 is 0 Å². The Kier molecular flexibility index (Phi) is 5.29. The molecule has 142 valence electrons. The molecular formula is C20H21BrN2O2S2. The number of nitrogens with zero attached hydrogens (tertiary/aromatic N) is 1. The standard InChI is InChI=1S/C20H21BrN2O2S2/c1-14(17-11-7-13-22-17)23(27(24,25)15-8-3-2-4-9-15)20-19(21)16-10-5-6-12-18(16)26-20/h2-6,8-10,12,14,17,22H,7,11,13H2,1H3. The smallest absolute Gasteiger partial charge is 0.265 e. The third-order valence-corrected chi connectivity index (χ3v) is 9.32. The number of hydrogen-bond donors (Lipinski definition) is 1. The van der Waals surface area contributed by atoms with Crippen molar-refractivity contribution in [3.05, 3.63) is 59.1 Å². The Balaban J connectivity index is 1.89. The van der Waals surface area contributed by atoms with Crippen molar-refractivity contribution in [1.29, 1.82) is 0 Å². The number of halogens is 1. The summed E-state index contributed by atoms with van der Waals surface area (Å²) in [6, 6.07) is 16.6. The molecule has 2 unspecified atom stereocenters. The van der Waals surface area contributed by atoms with Crippen molar-refractivity contribution in [3.63, 3.8) is 0 Å². The monoisotopic (exact) mass is 464 g/mol. The van der Waals surface area contributed by atoms with Crippen molar-refractivity contribution >= 4 is 52.4 Å². The highest BCUT2D eigenvalue weighted by molar-refractivity contribution is 9.10. The number of sulfonamides is 1. The van der Waals surface area contributed by atoms with Gasteiger partial charge in [-0.1, -0.05) is 36.4 Å². The van der Waals surface area contributed by atoms with Crippen LogP contribution in [-0.2, 0) is 10.0 Å². The van der Waals surface area contributed by atoms with Gasteiger partial charge in [-0.3, -0.25) is 4.31 Å². The van der Waals surface area contributed by atoms with Crippen LogP contribution in [0, 0.1) is 0 Å². The average Bonchev–Trinajstić information content (AvgIpc) is 3.32. The molecular weight excluding hydrogens is 444 g/mol. The van der Waals surface area contributed by atoms with E-state index in [1.165, 1.54) is 11.3 Å². The van der Waals surface area contributed by atoms with E-state index < -0.39 is 10.0 Å². The lowest BCUT2D eigenvalue weighted by molar-refractivity contribution is 0.502. The van der Waals surface area contributed by atoms with Gasteiger partial charge in [0.05, 0.1) is 15.4 Å². The summed E-state index contributed by atoms with van der Waals surface area (Å²) in [5, 5.41) is 5.24. The topological polar surface area (TPSA) is 49.4 Å². The number of anilines is 1. The minimum atomic E-state index is -3.69. The molecule has 2 aromatic carbocycles. The number of fused-ring (bicyclic) bond motifs is 1. The van der Waals surface area contributed by atoms with Gasteiger partial charge in [-0.05, 0) is 60.4 Å². The van der Waals surface area contributed by atoms with E-state index in [0.29, 0.717) is 4.90 Å². The molecule has 1 saturated heterocycles. The first kappa shape index (κ1) is 18.9. The Hall–Kier alpha value is -1.41. The van der Waals surface area contributed by atoms with E-state index in [0.717, 1.165) is 38.9 Å². The zero-order valence-corrected chi connectivity index (χ0v) is 18.1. The van der Waals surface area contributed by atoms with Crippen molar-refractivity contribution < 1.29 is 8.42 Å². The first-order valence-corrected chi connectivity index (χ1v) is 12.0. The molecule has 1 aliphatic heterocycles. The van der Waals surface area contributed by atoms with Crippen LogP contribution in [0.1, 0.15) is 19.8 Å². The largest absolute Gasteiger partial charge is 0.312 e. The molecule has 3 aromatic rings. The lowest BCUT2D eigenvalue weighted by Gasteiger charge is -2.33. The number of benzene rings is 2. The van der Waals surface area contributed by atoms with Crippen LogP contribution < -0.4 is 9.62 Å². The van der Waals surface area contributed by atoms with Crippen LogP contribution in [-0.4, -0.2) is 27.0 Å². The Bertz CT molecular complexity index is 1040. The highest BCUT2D eigenvalue weighted by Crippen LogP contribution is 2.45. The Morgan fingerprint density at radius 1 is 1.15 bits per heavy atom. The molecule has 0 amide bonds. The van der Waals surface area contributed by atoms with E-state index in [9.17, 15) is 8.42 Å². The molecule has 7 heteroatoms. The Morgan fingerprint density at radius 2 is 1.85 bits per heavy atom. The summed E-state index contributed by atoms with van der Waals surface area (Å²) in [7, 11) is -3.69. The fourth-order valence-corrected chi connectivity index (χ4v) is 7.80. The minimum Gasteiger partial charge on any atom is -0.312 e. The molecule has 1 fully saturated rings. The first-order chi connectivity index (χ1) is 13.0. The van der Waals surface area contributed by atoms with Gasteiger partial charge >= 0.3 is 0 Å². The Labute approximate surface area is 172 Å². The summed E-state index contributed by atoms with van der Waals surface area (Å²) in [5.74, 6) is 0. The fraction of sp³-hybridized carbons (Fsp3) is 0.300. The number of nitrogens with one attached hydrogen (secondary N) is 1. The van der Waals surface area contributed by atoms with E-state index in [4.69, 9.17) is 0 Å². The number of thiophene rings is 1. The molecule has 2 atom stereocenters. The van der Waals surface area contributed by atoms with Crippen LogP contribution in [0.15, 0.2) is 64.0 Å². The maximum Gasteiger partial charge on any atom is 0.265 e. The van der Waals surface area contributed by atoms with E-state index in [1.54, 1.807) is 28.6 Å². The molecule has 2 heterocycles. The van der Waals surface area contributed by atoms with Gasteiger partial charge in [-0.15, -0.1) is 11.3 Å². The van der Waals surface area contributed by atoms with Crippen molar-refractivity contribution in [1.82, 2.24) is 5.32 Å². The van der Waals surface area contributed by atoms with Crippen molar-refractivity contribution in [2.75, 3.05) is 10.8 Å². The van der Waals surface area contributed by atoms with Crippen LogP contribution in [0.4, 0.5) is 5.00 Å². The second-order valence-corrected chi connectivity index (χ2v) is 10.4. The fourth-order valence-electron chi connectivity index (χ4n) is 3.65. The third kappa shape index (κ3) is 3.42. The van der Waals surface area contributed by atoms with E-state index in [1.807, 2.05) is 37.3 Å². The van der Waals surface area contributed by atoms with Crippen LogP contribution in [0.2, 0.25) is 0 Å². The maximum atomic E-state index is 13.6. The normalized spacial score (nSPS) is 18.7. The molecule has 4 rings (SSSR count). The van der Waals surface area contributed by atoms with Crippen LogP contribution in [0.3, 0.4) is 0 Å². The maximum absolute atomic E-state index is 13.6. The average molecular weight is 465 g/mol. The first-order valence-electron chi connectivity index (χ1n) is 9.00. The molecule has 1 N–H and O–H groups in total. The predicted molar refractivity (Wildman–Crippen MR) is 116 cm³/mol. The summed E-state index contributed by atoms with van der Waals surface area (Å²) in [5.41, 5.74) is 0. The van der Waals surface area contributed by atoms with Gasteiger partial charge in [0.25, 0.3) is 10.0 Å². The van der Waals surface area contributed by atoms with Gasteiger partial charge in [0.2, 0.25) is 0 Å². The highest BCUT2D eigenvalue weighted by Gasteiger charge is 2.37. The van der Waals surface area contributed by atoms with Crippen molar-refractivity contribution in [3.8, 4) is 0 Å². The summed E-state index contributed by atoms with van der Waals surface area (Å²) < 4.78 is 30.8. The molecule has 1 aromatic heterocycles. The van der Waals surface area contributed by atoms with Gasteiger partial charge in [0.15, 0.2) is 0 Å². The minimum absolute atomic E-state index is 0.139.